The molecule has 1 heterocycles. The highest BCUT2D eigenvalue weighted by molar-refractivity contribution is 7.89. The van der Waals surface area contributed by atoms with Crippen LogP contribution in [0.2, 0.25) is 0 Å². The predicted molar refractivity (Wildman–Crippen MR) is 65.6 cm³/mol. The van der Waals surface area contributed by atoms with Crippen molar-refractivity contribution in [1.29, 1.82) is 0 Å². The summed E-state index contributed by atoms with van der Waals surface area (Å²) in [5.74, 6) is -0.504. The van der Waals surface area contributed by atoms with Gasteiger partial charge in [-0.3, -0.25) is 0 Å². The maximum atomic E-state index is 11.9. The topological polar surface area (TPSA) is 102 Å². The second-order valence-corrected chi connectivity index (χ2v) is 7.15. The minimum absolute atomic E-state index is 0.504. The van der Waals surface area contributed by atoms with Crippen LogP contribution in [0.4, 0.5) is 13.2 Å². The van der Waals surface area contributed by atoms with Crippen molar-refractivity contribution in [2.75, 3.05) is 12.8 Å². The number of aromatic nitrogens is 1. The fourth-order valence-corrected chi connectivity index (χ4v) is 2.54. The van der Waals surface area contributed by atoms with Crippen molar-refractivity contribution < 1.29 is 34.2 Å². The Labute approximate surface area is 119 Å². The van der Waals surface area contributed by atoms with Crippen LogP contribution in [0.25, 0.3) is 0 Å². The van der Waals surface area contributed by atoms with Gasteiger partial charge < -0.3 is 4.18 Å². The van der Waals surface area contributed by atoms with E-state index >= 15 is 0 Å². The molecular formula is C9H11F3N2O5S2. The Morgan fingerprint density at radius 3 is 2.38 bits per heavy atom. The molecular weight excluding hydrogens is 337 g/mol. The molecule has 0 spiro atoms. The van der Waals surface area contributed by atoms with Gasteiger partial charge in [0.2, 0.25) is 5.88 Å². The molecule has 0 amide bonds. The lowest BCUT2D eigenvalue weighted by atomic mass is 10.4. The molecule has 120 valence electrons. The SMILES string of the molecule is CS(=O)(=O)Oc1cccc(S(=O)(=O)NCCC(F)(F)F)n1. The first kappa shape index (κ1) is 17.7. The Balaban J connectivity index is 2.86. The maximum Gasteiger partial charge on any atom is 0.390 e. The molecule has 12 heteroatoms. The first-order valence-corrected chi connectivity index (χ1v) is 8.62. The molecule has 0 saturated heterocycles. The van der Waals surface area contributed by atoms with E-state index in [2.05, 4.69) is 9.17 Å². The standard InChI is InChI=1S/C9H11F3N2O5S2/c1-20(15,16)19-7-3-2-4-8(14-7)21(17,18)13-6-5-9(10,11)12/h2-4,13H,5-6H2,1H3. The van der Waals surface area contributed by atoms with Crippen molar-refractivity contribution in [1.82, 2.24) is 9.71 Å². The molecule has 0 aliphatic carbocycles. The van der Waals surface area contributed by atoms with Gasteiger partial charge in [-0.15, -0.1) is 0 Å². The first-order chi connectivity index (χ1) is 9.39. The number of rotatable bonds is 6. The molecule has 0 bridgehead atoms. The van der Waals surface area contributed by atoms with Gasteiger partial charge in [0.05, 0.1) is 12.7 Å². The van der Waals surface area contributed by atoms with Crippen LogP contribution in [0.3, 0.4) is 0 Å². The van der Waals surface area contributed by atoms with Gasteiger partial charge in [-0.05, 0) is 6.07 Å². The highest BCUT2D eigenvalue weighted by Gasteiger charge is 2.28. The van der Waals surface area contributed by atoms with E-state index in [1.807, 2.05) is 0 Å². The summed E-state index contributed by atoms with van der Waals surface area (Å²) in [6.45, 7) is -0.856. The van der Waals surface area contributed by atoms with Crippen LogP contribution < -0.4 is 8.91 Å². The van der Waals surface area contributed by atoms with Crippen molar-refractivity contribution in [2.45, 2.75) is 17.6 Å². The molecule has 1 rings (SSSR count). The predicted octanol–water partition coefficient (Wildman–Crippen LogP) is 0.651. The molecule has 1 N–H and O–H groups in total. The Bertz CT molecular complexity index is 700. The van der Waals surface area contributed by atoms with E-state index in [-0.39, 0.29) is 0 Å². The summed E-state index contributed by atoms with van der Waals surface area (Å²) in [5, 5.41) is -0.647. The molecule has 0 saturated carbocycles. The monoisotopic (exact) mass is 348 g/mol. The zero-order valence-corrected chi connectivity index (χ0v) is 12.2. The smallest absolute Gasteiger partial charge is 0.362 e. The van der Waals surface area contributed by atoms with Crippen LogP contribution in [-0.2, 0) is 20.1 Å². The van der Waals surface area contributed by atoms with E-state index in [4.69, 9.17) is 0 Å². The van der Waals surface area contributed by atoms with Crippen LogP contribution >= 0.6 is 0 Å². The molecule has 0 atom stereocenters. The highest BCUT2D eigenvalue weighted by atomic mass is 32.2. The minimum Gasteiger partial charge on any atom is -0.362 e. The summed E-state index contributed by atoms with van der Waals surface area (Å²) in [6, 6.07) is 3.23. The largest absolute Gasteiger partial charge is 0.390 e. The normalized spacial score (nSPS) is 13.1. The van der Waals surface area contributed by atoms with Gasteiger partial charge in [0.1, 0.15) is 0 Å². The molecule has 1 aromatic rings. The summed E-state index contributed by atoms with van der Waals surface area (Å²) in [7, 11) is -8.20. The number of hydrogen-bond acceptors (Lipinski definition) is 6. The number of alkyl halides is 3. The summed E-state index contributed by atoms with van der Waals surface area (Å²) >= 11 is 0. The molecule has 21 heavy (non-hydrogen) atoms. The van der Waals surface area contributed by atoms with Crippen LogP contribution in [-0.4, -0.2) is 40.8 Å². The van der Waals surface area contributed by atoms with Crippen LogP contribution in [0.5, 0.6) is 5.88 Å². The molecule has 0 unspecified atom stereocenters. The van der Waals surface area contributed by atoms with E-state index in [0.717, 1.165) is 24.5 Å². The molecule has 7 nitrogen and oxygen atoms in total. The van der Waals surface area contributed by atoms with Crippen LogP contribution in [0.1, 0.15) is 6.42 Å². The molecule has 0 aliphatic heterocycles. The fraction of sp³-hybridized carbons (Fsp3) is 0.444. The Hall–Kier alpha value is -1.40. The van der Waals surface area contributed by atoms with E-state index in [1.54, 1.807) is 4.72 Å². The summed E-state index contributed by atoms with van der Waals surface area (Å²) in [4.78, 5) is 3.41. The van der Waals surface area contributed by atoms with Crippen molar-refractivity contribution >= 4 is 20.1 Å². The van der Waals surface area contributed by atoms with Crippen molar-refractivity contribution in [3.63, 3.8) is 0 Å². The Kier molecular flexibility index (Phi) is 5.17. The molecule has 0 aromatic carbocycles. The average Bonchev–Trinajstić information content (AvgIpc) is 2.24. The van der Waals surface area contributed by atoms with Gasteiger partial charge in [-0.25, -0.2) is 13.1 Å². The second kappa shape index (κ2) is 6.15. The summed E-state index contributed by atoms with van der Waals surface area (Å²) < 4.78 is 87.1. The van der Waals surface area contributed by atoms with Gasteiger partial charge in [0, 0.05) is 12.6 Å². The third kappa shape index (κ3) is 6.73. The lowest BCUT2D eigenvalue weighted by Gasteiger charge is -2.09. The van der Waals surface area contributed by atoms with E-state index in [0.29, 0.717) is 0 Å². The van der Waals surface area contributed by atoms with Crippen molar-refractivity contribution in [3.8, 4) is 5.88 Å². The van der Waals surface area contributed by atoms with E-state index in [9.17, 15) is 30.0 Å². The summed E-state index contributed by atoms with van der Waals surface area (Å²) in [6.07, 6.45) is -5.11. The maximum absolute atomic E-state index is 11.9. The third-order valence-electron chi connectivity index (χ3n) is 1.91. The van der Waals surface area contributed by atoms with Crippen LogP contribution in [0.15, 0.2) is 23.2 Å². The number of hydrogen-bond donors (Lipinski definition) is 1. The molecule has 0 fully saturated rings. The number of sulfonamides is 1. The molecule has 0 radical (unpaired) electrons. The number of nitrogens with zero attached hydrogens (tertiary/aromatic N) is 1. The van der Waals surface area contributed by atoms with Crippen molar-refractivity contribution in [3.05, 3.63) is 18.2 Å². The van der Waals surface area contributed by atoms with Gasteiger partial charge in [0.15, 0.2) is 5.03 Å². The minimum atomic E-state index is -4.50. The third-order valence-corrected chi connectivity index (χ3v) is 3.75. The molecule has 1 aromatic heterocycles. The van der Waals surface area contributed by atoms with Gasteiger partial charge in [-0.2, -0.15) is 26.6 Å². The quantitative estimate of drug-likeness (QED) is 0.757. The zero-order valence-electron chi connectivity index (χ0n) is 10.6. The number of halogens is 3. The first-order valence-electron chi connectivity index (χ1n) is 5.32. The highest BCUT2D eigenvalue weighted by Crippen LogP contribution is 2.19. The zero-order chi connectivity index (χ0) is 16.3. The number of nitrogens with one attached hydrogen (secondary N) is 1. The summed E-state index contributed by atoms with van der Waals surface area (Å²) in [5.41, 5.74) is 0. The van der Waals surface area contributed by atoms with E-state index in [1.165, 1.54) is 0 Å². The van der Waals surface area contributed by atoms with Crippen LogP contribution in [0, 0.1) is 0 Å². The Morgan fingerprint density at radius 1 is 1.24 bits per heavy atom. The van der Waals surface area contributed by atoms with Crippen molar-refractivity contribution in [2.24, 2.45) is 0 Å². The average molecular weight is 348 g/mol. The second-order valence-electron chi connectivity index (χ2n) is 3.86. The molecule has 0 aliphatic rings. The fourth-order valence-electron chi connectivity index (χ4n) is 1.15. The Morgan fingerprint density at radius 2 is 1.86 bits per heavy atom. The van der Waals surface area contributed by atoms with Gasteiger partial charge >= 0.3 is 16.3 Å². The number of pyridine rings is 1. The van der Waals surface area contributed by atoms with Gasteiger partial charge in [0.25, 0.3) is 10.0 Å². The lowest BCUT2D eigenvalue weighted by Crippen LogP contribution is -2.28. The van der Waals surface area contributed by atoms with Gasteiger partial charge in [-0.1, -0.05) is 6.07 Å². The lowest BCUT2D eigenvalue weighted by molar-refractivity contribution is -0.132. The van der Waals surface area contributed by atoms with E-state index < -0.39 is 50.2 Å².